The average molecular weight is 357 g/mol. The van der Waals surface area contributed by atoms with Crippen molar-refractivity contribution in [3.8, 4) is 17.2 Å². The maximum atomic E-state index is 5.57. The lowest BCUT2D eigenvalue weighted by atomic mass is 9.98. The van der Waals surface area contributed by atoms with Crippen molar-refractivity contribution in [2.45, 2.75) is 50.4 Å². The van der Waals surface area contributed by atoms with Crippen molar-refractivity contribution < 1.29 is 14.2 Å². The van der Waals surface area contributed by atoms with Crippen LogP contribution in [0.4, 0.5) is 0 Å². The fraction of sp³-hybridized carbons (Fsp3) is 0.667. The minimum atomic E-state index is 0. The van der Waals surface area contributed by atoms with E-state index in [1.807, 2.05) is 12.1 Å². The van der Waals surface area contributed by atoms with Gasteiger partial charge in [0.15, 0.2) is 0 Å². The molecule has 2 aliphatic rings. The van der Waals surface area contributed by atoms with Gasteiger partial charge in [-0.1, -0.05) is 0 Å². The maximum Gasteiger partial charge on any atom is 0.130 e. The Balaban J connectivity index is 0.00000208. The van der Waals surface area contributed by atoms with E-state index in [9.17, 15) is 0 Å². The minimum absolute atomic E-state index is 0. The lowest BCUT2D eigenvalue weighted by Crippen LogP contribution is -2.46. The molecule has 0 aromatic heterocycles. The highest BCUT2D eigenvalue weighted by Gasteiger charge is 2.35. The van der Waals surface area contributed by atoms with Gasteiger partial charge in [-0.2, -0.15) is 0 Å². The van der Waals surface area contributed by atoms with Crippen LogP contribution in [0.2, 0.25) is 0 Å². The number of halogens is 1. The Labute approximate surface area is 151 Å². The zero-order valence-electron chi connectivity index (χ0n) is 15.0. The molecule has 2 unspecified atom stereocenters. The molecule has 1 aromatic carbocycles. The van der Waals surface area contributed by atoms with Gasteiger partial charge in [0.2, 0.25) is 0 Å². The molecule has 2 heterocycles. The second-order valence-corrected chi connectivity index (χ2v) is 6.69. The van der Waals surface area contributed by atoms with Crippen molar-refractivity contribution >= 4 is 12.4 Å². The second kappa shape index (κ2) is 8.28. The Morgan fingerprint density at radius 1 is 1.00 bits per heavy atom. The molecule has 0 aliphatic carbocycles. The zero-order chi connectivity index (χ0) is 16.4. The van der Waals surface area contributed by atoms with Gasteiger partial charge in [0, 0.05) is 36.8 Å². The molecule has 1 aromatic rings. The van der Waals surface area contributed by atoms with E-state index in [1.54, 1.807) is 21.3 Å². The summed E-state index contributed by atoms with van der Waals surface area (Å²) in [4.78, 5) is 2.44. The summed E-state index contributed by atoms with van der Waals surface area (Å²) in [6.45, 7) is 0.820. The molecule has 2 atom stereocenters. The topological polar surface area (TPSA) is 43.0 Å². The first-order valence-corrected chi connectivity index (χ1v) is 8.39. The number of nitrogens with one attached hydrogen (secondary N) is 1. The molecule has 0 saturated carbocycles. The highest BCUT2D eigenvalue weighted by molar-refractivity contribution is 5.85. The summed E-state index contributed by atoms with van der Waals surface area (Å²) in [5, 5.41) is 3.71. The Kier molecular flexibility index (Phi) is 6.61. The molecule has 3 rings (SSSR count). The summed E-state index contributed by atoms with van der Waals surface area (Å²) < 4.78 is 16.5. The summed E-state index contributed by atoms with van der Waals surface area (Å²) in [5.41, 5.74) is 1.09. The van der Waals surface area contributed by atoms with Crippen LogP contribution in [0.25, 0.3) is 0 Å². The van der Waals surface area contributed by atoms with Gasteiger partial charge in [-0.15, -0.1) is 12.4 Å². The van der Waals surface area contributed by atoms with Crippen molar-refractivity contribution in [1.29, 1.82) is 0 Å². The fourth-order valence-corrected chi connectivity index (χ4v) is 4.00. The molecular formula is C18H29ClN2O3. The molecule has 6 heteroatoms. The van der Waals surface area contributed by atoms with Gasteiger partial charge in [-0.05, 0) is 32.7 Å². The number of rotatable bonds is 6. The van der Waals surface area contributed by atoms with Crippen LogP contribution in [0.3, 0.4) is 0 Å². The number of methoxy groups -OCH3 is 3. The van der Waals surface area contributed by atoms with E-state index in [1.165, 1.54) is 25.7 Å². The van der Waals surface area contributed by atoms with Gasteiger partial charge >= 0.3 is 0 Å². The molecule has 0 radical (unpaired) electrons. The van der Waals surface area contributed by atoms with Gasteiger partial charge in [-0.3, -0.25) is 4.90 Å². The first-order valence-electron chi connectivity index (χ1n) is 8.39. The van der Waals surface area contributed by atoms with E-state index in [-0.39, 0.29) is 12.4 Å². The highest BCUT2D eigenvalue weighted by atomic mass is 35.5. The van der Waals surface area contributed by atoms with Crippen LogP contribution in [-0.4, -0.2) is 51.4 Å². The van der Waals surface area contributed by atoms with E-state index < -0.39 is 0 Å². The number of nitrogens with zero attached hydrogens (tertiary/aromatic N) is 1. The van der Waals surface area contributed by atoms with E-state index in [2.05, 4.69) is 17.3 Å². The number of piperidine rings is 1. The van der Waals surface area contributed by atoms with Crippen LogP contribution in [0, 0.1) is 0 Å². The molecule has 2 bridgehead atoms. The van der Waals surface area contributed by atoms with E-state index in [0.29, 0.717) is 18.1 Å². The lowest BCUT2D eigenvalue weighted by molar-refractivity contribution is 0.163. The molecular weight excluding hydrogens is 328 g/mol. The molecule has 2 aliphatic heterocycles. The third kappa shape index (κ3) is 3.90. The van der Waals surface area contributed by atoms with Gasteiger partial charge < -0.3 is 19.5 Å². The van der Waals surface area contributed by atoms with Gasteiger partial charge in [-0.25, -0.2) is 0 Å². The van der Waals surface area contributed by atoms with Crippen LogP contribution in [-0.2, 0) is 6.54 Å². The number of hydrogen-bond acceptors (Lipinski definition) is 5. The summed E-state index contributed by atoms with van der Waals surface area (Å²) in [6, 6.07) is 5.86. The van der Waals surface area contributed by atoms with E-state index in [0.717, 1.165) is 29.4 Å². The Morgan fingerprint density at radius 3 is 2.00 bits per heavy atom. The largest absolute Gasteiger partial charge is 0.496 e. The molecule has 136 valence electrons. The third-order valence-electron chi connectivity index (χ3n) is 5.30. The maximum absolute atomic E-state index is 5.57. The van der Waals surface area contributed by atoms with Crippen molar-refractivity contribution in [2.75, 3.05) is 28.4 Å². The summed E-state index contributed by atoms with van der Waals surface area (Å²) in [7, 11) is 7.26. The zero-order valence-corrected chi connectivity index (χ0v) is 15.8. The van der Waals surface area contributed by atoms with Crippen LogP contribution in [0.5, 0.6) is 17.2 Å². The molecule has 5 nitrogen and oxygen atoms in total. The van der Waals surface area contributed by atoms with Crippen LogP contribution >= 0.6 is 12.4 Å². The van der Waals surface area contributed by atoms with Crippen molar-refractivity contribution in [3.63, 3.8) is 0 Å². The molecule has 0 spiro atoms. The van der Waals surface area contributed by atoms with E-state index >= 15 is 0 Å². The predicted molar refractivity (Wildman–Crippen MR) is 97.8 cm³/mol. The summed E-state index contributed by atoms with van der Waals surface area (Å²) in [6.07, 6.45) is 5.11. The number of fused-ring (bicyclic) bond motifs is 2. The molecule has 2 saturated heterocycles. The van der Waals surface area contributed by atoms with Crippen molar-refractivity contribution in [1.82, 2.24) is 10.2 Å². The van der Waals surface area contributed by atoms with Crippen LogP contribution in [0.15, 0.2) is 12.1 Å². The summed E-state index contributed by atoms with van der Waals surface area (Å²) in [5.74, 6) is 2.40. The average Bonchev–Trinajstić information content (AvgIpc) is 2.92. The quantitative estimate of drug-likeness (QED) is 0.849. The Hall–Kier alpha value is -1.17. The number of hydrogen-bond donors (Lipinski definition) is 1. The SMILES string of the molecule is COc1cc(OC)c(CN(C)C2CC3CCC(C2)N3)c(OC)c1.Cl. The molecule has 1 N–H and O–H groups in total. The standard InChI is InChI=1S/C18H28N2O3.ClH/c1-20(14-7-12-5-6-13(8-14)19-12)11-16-17(22-3)9-15(21-2)10-18(16)23-4;/h9-10,12-14,19H,5-8,11H2,1-4H3;1H. The first kappa shape index (κ1) is 19.2. The first-order chi connectivity index (χ1) is 11.1. The Bertz CT molecular complexity index is 518. The van der Waals surface area contributed by atoms with Gasteiger partial charge in [0.25, 0.3) is 0 Å². The summed E-state index contributed by atoms with van der Waals surface area (Å²) >= 11 is 0. The van der Waals surface area contributed by atoms with Gasteiger partial charge in [0.05, 0.1) is 26.9 Å². The lowest BCUT2D eigenvalue weighted by Gasteiger charge is -2.36. The molecule has 0 amide bonds. The van der Waals surface area contributed by atoms with Crippen molar-refractivity contribution in [2.24, 2.45) is 0 Å². The predicted octanol–water partition coefficient (Wildman–Crippen LogP) is 2.85. The molecule has 24 heavy (non-hydrogen) atoms. The minimum Gasteiger partial charge on any atom is -0.496 e. The van der Waals surface area contributed by atoms with Crippen molar-refractivity contribution in [3.05, 3.63) is 17.7 Å². The number of benzene rings is 1. The Morgan fingerprint density at radius 2 is 1.54 bits per heavy atom. The molecule has 2 fully saturated rings. The number of ether oxygens (including phenoxy) is 3. The van der Waals surface area contributed by atoms with Crippen LogP contribution < -0.4 is 19.5 Å². The fourth-order valence-electron chi connectivity index (χ4n) is 4.00. The normalized spacial score (nSPS) is 25.3. The highest BCUT2D eigenvalue weighted by Crippen LogP contribution is 2.36. The van der Waals surface area contributed by atoms with E-state index in [4.69, 9.17) is 14.2 Å². The van der Waals surface area contributed by atoms with Crippen LogP contribution in [0.1, 0.15) is 31.2 Å². The van der Waals surface area contributed by atoms with Gasteiger partial charge in [0.1, 0.15) is 17.2 Å². The smallest absolute Gasteiger partial charge is 0.130 e. The second-order valence-electron chi connectivity index (χ2n) is 6.69. The monoisotopic (exact) mass is 356 g/mol. The third-order valence-corrected chi connectivity index (χ3v) is 5.30.